The number of carbonyl (C=O) groups excluding carboxylic acids is 1. The van der Waals surface area contributed by atoms with Crippen LogP contribution in [0.2, 0.25) is 0 Å². The molecule has 2 heterocycles. The summed E-state index contributed by atoms with van der Waals surface area (Å²) in [6, 6.07) is 13.0. The van der Waals surface area contributed by atoms with Crippen molar-refractivity contribution in [3.63, 3.8) is 0 Å². The van der Waals surface area contributed by atoms with Crippen molar-refractivity contribution in [2.75, 3.05) is 56.8 Å². The van der Waals surface area contributed by atoms with Gasteiger partial charge in [0.05, 0.1) is 13.0 Å². The van der Waals surface area contributed by atoms with Crippen LogP contribution in [0.1, 0.15) is 6.42 Å². The molecule has 1 saturated heterocycles. The minimum Gasteiger partial charge on any atom is -0.497 e. The van der Waals surface area contributed by atoms with Crippen LogP contribution in [0.15, 0.2) is 42.5 Å². The summed E-state index contributed by atoms with van der Waals surface area (Å²) in [5.74, 6) is -0.102. The number of carboxylic acid groups (broad SMARTS) is 1. The standard InChI is InChI=1S/C23H27N3O6/c1-30-19-4-2-3-18(13-19)26-9-7-25(8-10-26)14-16(23(28)29)11-22(27)24-17-5-6-20-21(12-17)32-15-31-20/h2-6,12-13,16H,7-11,14-15H2,1H3,(H,24,27)(H,28,29)/t16-/m1/s1. The van der Waals surface area contributed by atoms with E-state index in [-0.39, 0.29) is 19.1 Å². The van der Waals surface area contributed by atoms with Gasteiger partial charge in [-0.1, -0.05) is 6.07 Å². The highest BCUT2D eigenvalue weighted by Gasteiger charge is 2.27. The molecule has 0 saturated carbocycles. The van der Waals surface area contributed by atoms with Gasteiger partial charge in [-0.25, -0.2) is 0 Å². The second kappa shape index (κ2) is 9.78. The summed E-state index contributed by atoms with van der Waals surface area (Å²) < 4.78 is 15.9. The van der Waals surface area contributed by atoms with Gasteiger partial charge in [-0.2, -0.15) is 0 Å². The molecule has 0 aromatic heterocycles. The summed E-state index contributed by atoms with van der Waals surface area (Å²) in [6.45, 7) is 3.50. The highest BCUT2D eigenvalue weighted by atomic mass is 16.7. The Labute approximate surface area is 186 Å². The molecule has 4 rings (SSSR count). The van der Waals surface area contributed by atoms with Crippen LogP contribution >= 0.6 is 0 Å². The number of carbonyl (C=O) groups is 2. The SMILES string of the molecule is COc1cccc(N2CCN(C[C@@H](CC(=O)Nc3ccc4c(c3)OCO4)C(=O)O)CC2)c1. The minimum absolute atomic E-state index is 0.0973. The van der Waals surface area contributed by atoms with Crippen molar-refractivity contribution >= 4 is 23.3 Å². The van der Waals surface area contributed by atoms with Crippen molar-refractivity contribution in [2.24, 2.45) is 5.92 Å². The zero-order valence-electron chi connectivity index (χ0n) is 18.0. The Kier molecular flexibility index (Phi) is 6.65. The Hall–Kier alpha value is -3.46. The monoisotopic (exact) mass is 441 g/mol. The number of benzene rings is 2. The number of amides is 1. The van der Waals surface area contributed by atoms with Crippen molar-refractivity contribution in [1.82, 2.24) is 4.90 Å². The normalized spacial score (nSPS) is 16.5. The van der Waals surface area contributed by atoms with E-state index in [2.05, 4.69) is 15.1 Å². The van der Waals surface area contributed by atoms with E-state index in [1.807, 2.05) is 24.3 Å². The van der Waals surface area contributed by atoms with E-state index in [4.69, 9.17) is 14.2 Å². The number of piperazine rings is 1. The molecule has 0 spiro atoms. The van der Waals surface area contributed by atoms with E-state index in [0.717, 1.165) is 37.6 Å². The van der Waals surface area contributed by atoms with Gasteiger partial charge in [0.25, 0.3) is 0 Å². The van der Waals surface area contributed by atoms with Crippen LogP contribution in [0.25, 0.3) is 0 Å². The number of ether oxygens (including phenoxy) is 3. The lowest BCUT2D eigenvalue weighted by Gasteiger charge is -2.37. The third-order valence-electron chi connectivity index (χ3n) is 5.71. The average molecular weight is 441 g/mol. The molecule has 2 aromatic carbocycles. The fraction of sp³-hybridized carbons (Fsp3) is 0.391. The first-order chi connectivity index (χ1) is 15.5. The first-order valence-corrected chi connectivity index (χ1v) is 10.6. The zero-order chi connectivity index (χ0) is 22.5. The molecule has 9 nitrogen and oxygen atoms in total. The maximum absolute atomic E-state index is 12.5. The quantitative estimate of drug-likeness (QED) is 0.644. The van der Waals surface area contributed by atoms with Crippen LogP contribution in [-0.2, 0) is 9.59 Å². The van der Waals surface area contributed by atoms with Gasteiger partial charge >= 0.3 is 5.97 Å². The van der Waals surface area contributed by atoms with Gasteiger partial charge in [0.15, 0.2) is 11.5 Å². The zero-order valence-corrected chi connectivity index (χ0v) is 18.0. The molecular weight excluding hydrogens is 414 g/mol. The Morgan fingerprint density at radius 2 is 1.88 bits per heavy atom. The first kappa shape index (κ1) is 21.8. The van der Waals surface area contributed by atoms with E-state index >= 15 is 0 Å². The predicted molar refractivity (Wildman–Crippen MR) is 119 cm³/mol. The molecule has 9 heteroatoms. The van der Waals surface area contributed by atoms with Gasteiger partial charge in [-0.05, 0) is 24.3 Å². The van der Waals surface area contributed by atoms with E-state index in [1.165, 1.54) is 0 Å². The molecule has 0 bridgehead atoms. The van der Waals surface area contributed by atoms with Gasteiger partial charge in [0, 0.05) is 62.7 Å². The summed E-state index contributed by atoms with van der Waals surface area (Å²) in [5, 5.41) is 12.4. The van der Waals surface area contributed by atoms with Crippen LogP contribution in [-0.4, -0.2) is 68.5 Å². The van der Waals surface area contributed by atoms with Crippen LogP contribution in [0.4, 0.5) is 11.4 Å². The van der Waals surface area contributed by atoms with Crippen LogP contribution in [0.5, 0.6) is 17.2 Å². The number of carboxylic acids is 1. The van der Waals surface area contributed by atoms with Crippen molar-refractivity contribution in [3.8, 4) is 17.2 Å². The molecule has 2 aliphatic heterocycles. The summed E-state index contributed by atoms with van der Waals surface area (Å²) >= 11 is 0. The molecule has 2 aromatic rings. The molecule has 0 radical (unpaired) electrons. The van der Waals surface area contributed by atoms with E-state index in [1.54, 1.807) is 25.3 Å². The number of nitrogens with one attached hydrogen (secondary N) is 1. The Morgan fingerprint density at radius 1 is 1.09 bits per heavy atom. The Morgan fingerprint density at radius 3 is 2.62 bits per heavy atom. The van der Waals surface area contributed by atoms with Crippen LogP contribution in [0.3, 0.4) is 0 Å². The second-order valence-corrected chi connectivity index (χ2v) is 7.84. The topological polar surface area (TPSA) is 101 Å². The number of hydrogen-bond donors (Lipinski definition) is 2. The third kappa shape index (κ3) is 5.23. The van der Waals surface area contributed by atoms with E-state index < -0.39 is 11.9 Å². The fourth-order valence-electron chi connectivity index (χ4n) is 3.95. The summed E-state index contributed by atoms with van der Waals surface area (Å²) in [7, 11) is 1.64. The average Bonchev–Trinajstić information content (AvgIpc) is 3.27. The van der Waals surface area contributed by atoms with Crippen LogP contribution < -0.4 is 24.4 Å². The van der Waals surface area contributed by atoms with Gasteiger partial charge in [-0.3, -0.25) is 14.5 Å². The van der Waals surface area contributed by atoms with Crippen molar-refractivity contribution in [1.29, 1.82) is 0 Å². The molecule has 32 heavy (non-hydrogen) atoms. The summed E-state index contributed by atoms with van der Waals surface area (Å²) in [6.07, 6.45) is -0.0973. The lowest BCUT2D eigenvalue weighted by atomic mass is 10.0. The molecule has 1 fully saturated rings. The molecule has 1 amide bonds. The lowest BCUT2D eigenvalue weighted by Crippen LogP contribution is -2.48. The smallest absolute Gasteiger partial charge is 0.308 e. The highest BCUT2D eigenvalue weighted by molar-refractivity contribution is 5.93. The van der Waals surface area contributed by atoms with E-state index in [9.17, 15) is 14.7 Å². The number of aliphatic carboxylic acids is 1. The maximum atomic E-state index is 12.5. The molecular formula is C23H27N3O6. The Balaban J connectivity index is 1.29. The number of hydrogen-bond acceptors (Lipinski definition) is 7. The van der Waals surface area contributed by atoms with Gasteiger partial charge < -0.3 is 29.5 Å². The Bertz CT molecular complexity index is 974. The number of methoxy groups -OCH3 is 1. The number of nitrogens with zero attached hydrogens (tertiary/aromatic N) is 2. The fourth-order valence-corrected chi connectivity index (χ4v) is 3.95. The van der Waals surface area contributed by atoms with E-state index in [0.29, 0.717) is 23.7 Å². The molecule has 1 atom stereocenters. The van der Waals surface area contributed by atoms with Crippen molar-refractivity contribution < 1.29 is 28.9 Å². The van der Waals surface area contributed by atoms with Crippen molar-refractivity contribution in [2.45, 2.75) is 6.42 Å². The summed E-state index contributed by atoms with van der Waals surface area (Å²) in [4.78, 5) is 28.6. The first-order valence-electron chi connectivity index (χ1n) is 10.6. The highest BCUT2D eigenvalue weighted by Crippen LogP contribution is 2.34. The van der Waals surface area contributed by atoms with Gasteiger partial charge in [-0.15, -0.1) is 0 Å². The molecule has 170 valence electrons. The largest absolute Gasteiger partial charge is 0.497 e. The van der Waals surface area contributed by atoms with Crippen molar-refractivity contribution in [3.05, 3.63) is 42.5 Å². The van der Waals surface area contributed by atoms with Crippen LogP contribution in [0, 0.1) is 5.92 Å². The number of fused-ring (bicyclic) bond motifs is 1. The third-order valence-corrected chi connectivity index (χ3v) is 5.71. The molecule has 0 aliphatic carbocycles. The molecule has 2 N–H and O–H groups in total. The summed E-state index contributed by atoms with van der Waals surface area (Å²) in [5.41, 5.74) is 1.64. The van der Waals surface area contributed by atoms with Gasteiger partial charge in [0.1, 0.15) is 5.75 Å². The maximum Gasteiger partial charge on any atom is 0.308 e. The minimum atomic E-state index is -0.971. The predicted octanol–water partition coefficient (Wildman–Crippen LogP) is 2.28. The molecule has 2 aliphatic rings. The number of anilines is 2. The number of rotatable bonds is 8. The van der Waals surface area contributed by atoms with Gasteiger partial charge in [0.2, 0.25) is 12.7 Å². The molecule has 0 unspecified atom stereocenters. The lowest BCUT2D eigenvalue weighted by molar-refractivity contribution is -0.144. The second-order valence-electron chi connectivity index (χ2n) is 7.84.